The lowest BCUT2D eigenvalue weighted by molar-refractivity contribution is -0.140. The molecular weight excluding hydrogens is 316 g/mol. The van der Waals surface area contributed by atoms with E-state index in [0.717, 1.165) is 31.7 Å². The Morgan fingerprint density at radius 3 is 2.28 bits per heavy atom. The average Bonchev–Trinajstić information content (AvgIpc) is 3.09. The van der Waals surface area contributed by atoms with E-state index in [4.69, 9.17) is 0 Å². The molecule has 0 aromatic carbocycles. The summed E-state index contributed by atoms with van der Waals surface area (Å²) in [5.41, 5.74) is 0.673. The van der Waals surface area contributed by atoms with Gasteiger partial charge in [0.2, 0.25) is 11.8 Å². The SMILES string of the molecule is CC.CC(C)C.CCCCCn1cc(CN2C(=O)CC(C)C2=O)nn1. The number of carbonyl (C=O) groups is 2. The summed E-state index contributed by atoms with van der Waals surface area (Å²) in [4.78, 5) is 24.7. The molecule has 0 spiro atoms. The molecule has 0 radical (unpaired) electrons. The summed E-state index contributed by atoms with van der Waals surface area (Å²) in [5.74, 6) is 0.413. The minimum Gasteiger partial charge on any atom is -0.276 e. The van der Waals surface area contributed by atoms with E-state index >= 15 is 0 Å². The largest absolute Gasteiger partial charge is 0.276 e. The van der Waals surface area contributed by atoms with E-state index in [9.17, 15) is 9.59 Å². The Morgan fingerprint density at radius 2 is 1.80 bits per heavy atom. The zero-order valence-electron chi connectivity index (χ0n) is 17.1. The summed E-state index contributed by atoms with van der Waals surface area (Å²) in [6.07, 6.45) is 5.52. The Kier molecular flexibility index (Phi) is 11.7. The van der Waals surface area contributed by atoms with Crippen molar-refractivity contribution >= 4 is 11.8 Å². The molecule has 6 nitrogen and oxygen atoms in total. The monoisotopic (exact) mass is 352 g/mol. The van der Waals surface area contributed by atoms with Gasteiger partial charge in [0.15, 0.2) is 0 Å². The van der Waals surface area contributed by atoms with Crippen molar-refractivity contribution in [1.29, 1.82) is 0 Å². The first kappa shape index (κ1) is 23.3. The van der Waals surface area contributed by atoms with Crippen molar-refractivity contribution in [3.05, 3.63) is 11.9 Å². The lowest BCUT2D eigenvalue weighted by atomic mass is 10.1. The standard InChI is InChI=1S/C13H20N4O2.C4H10.C2H6/c1-3-4-5-6-16-8-11(14-15-16)9-17-12(18)7-10(2)13(17)19;1-4(2)3;1-2/h8,10H,3-7,9H2,1-2H3;4H,1-3H3;1-2H3. The number of aryl methyl sites for hydroxylation is 1. The number of likely N-dealkylation sites (tertiary alicyclic amines) is 1. The molecule has 2 rings (SSSR count). The molecule has 0 saturated carbocycles. The topological polar surface area (TPSA) is 68.1 Å². The number of unbranched alkanes of at least 4 members (excludes halogenated alkanes) is 2. The quantitative estimate of drug-likeness (QED) is 0.572. The molecule has 0 aliphatic carbocycles. The zero-order valence-corrected chi connectivity index (χ0v) is 17.1. The van der Waals surface area contributed by atoms with E-state index in [1.54, 1.807) is 11.6 Å². The van der Waals surface area contributed by atoms with Crippen LogP contribution in [0, 0.1) is 11.8 Å². The highest BCUT2D eigenvalue weighted by atomic mass is 16.2. The normalized spacial score (nSPS) is 16.5. The summed E-state index contributed by atoms with van der Waals surface area (Å²) in [5, 5.41) is 8.04. The molecule has 6 heteroatoms. The van der Waals surface area contributed by atoms with Crippen molar-refractivity contribution in [3.8, 4) is 0 Å². The second-order valence-electron chi connectivity index (χ2n) is 6.84. The minimum absolute atomic E-state index is 0.106. The van der Waals surface area contributed by atoms with Crippen molar-refractivity contribution in [2.75, 3.05) is 0 Å². The number of amides is 2. The summed E-state index contributed by atoms with van der Waals surface area (Å²) in [6.45, 7) is 15.5. The Balaban J connectivity index is 0.000000845. The molecule has 0 bridgehead atoms. The Labute approximate surface area is 153 Å². The van der Waals surface area contributed by atoms with Crippen molar-refractivity contribution < 1.29 is 9.59 Å². The molecular formula is C19H36N4O2. The maximum absolute atomic E-state index is 11.8. The van der Waals surface area contributed by atoms with E-state index in [1.807, 2.05) is 20.0 Å². The first-order valence-electron chi connectivity index (χ1n) is 9.58. The van der Waals surface area contributed by atoms with E-state index in [-0.39, 0.29) is 24.3 Å². The van der Waals surface area contributed by atoms with Crippen LogP contribution in [0.1, 0.15) is 79.8 Å². The van der Waals surface area contributed by atoms with Gasteiger partial charge in [-0.3, -0.25) is 19.2 Å². The third-order valence-electron chi connectivity index (χ3n) is 3.37. The molecule has 1 saturated heterocycles. The van der Waals surface area contributed by atoms with Crippen LogP contribution in [0.25, 0.3) is 0 Å². The van der Waals surface area contributed by atoms with Gasteiger partial charge in [-0.25, -0.2) is 0 Å². The van der Waals surface area contributed by atoms with E-state index in [2.05, 4.69) is 38.0 Å². The average molecular weight is 353 g/mol. The fraction of sp³-hybridized carbons (Fsp3) is 0.789. The molecule has 1 aromatic rings. The second-order valence-corrected chi connectivity index (χ2v) is 6.84. The molecule has 1 fully saturated rings. The van der Waals surface area contributed by atoms with Gasteiger partial charge in [0.05, 0.1) is 12.7 Å². The van der Waals surface area contributed by atoms with Gasteiger partial charge in [-0.2, -0.15) is 0 Å². The molecule has 1 atom stereocenters. The van der Waals surface area contributed by atoms with E-state index < -0.39 is 0 Å². The van der Waals surface area contributed by atoms with Crippen molar-refractivity contribution in [1.82, 2.24) is 19.9 Å². The van der Waals surface area contributed by atoms with Gasteiger partial charge < -0.3 is 0 Å². The third-order valence-corrected chi connectivity index (χ3v) is 3.37. The molecule has 1 aliphatic rings. The molecule has 1 unspecified atom stereocenters. The highest BCUT2D eigenvalue weighted by Crippen LogP contribution is 2.20. The van der Waals surface area contributed by atoms with Gasteiger partial charge >= 0.3 is 0 Å². The first-order chi connectivity index (χ1) is 11.8. The van der Waals surface area contributed by atoms with Crippen LogP contribution in [0.15, 0.2) is 6.20 Å². The number of hydrogen-bond donors (Lipinski definition) is 0. The second kappa shape index (κ2) is 12.6. The first-order valence-corrected chi connectivity index (χ1v) is 9.58. The predicted octanol–water partition coefficient (Wildman–Crippen LogP) is 4.05. The van der Waals surface area contributed by atoms with Crippen molar-refractivity contribution in [2.24, 2.45) is 11.8 Å². The predicted molar refractivity (Wildman–Crippen MR) is 101 cm³/mol. The maximum atomic E-state index is 11.8. The highest BCUT2D eigenvalue weighted by Gasteiger charge is 2.35. The highest BCUT2D eigenvalue weighted by molar-refractivity contribution is 6.03. The van der Waals surface area contributed by atoms with Gasteiger partial charge in [0, 0.05) is 18.9 Å². The van der Waals surface area contributed by atoms with Crippen LogP contribution in [-0.2, 0) is 22.7 Å². The van der Waals surface area contributed by atoms with Gasteiger partial charge in [0.1, 0.15) is 5.69 Å². The number of nitrogens with zero attached hydrogens (tertiary/aromatic N) is 4. The maximum Gasteiger partial charge on any atom is 0.232 e. The van der Waals surface area contributed by atoms with Crippen LogP contribution in [0.2, 0.25) is 0 Å². The minimum atomic E-state index is -0.202. The summed E-state index contributed by atoms with van der Waals surface area (Å²) < 4.78 is 1.78. The van der Waals surface area contributed by atoms with E-state index in [0.29, 0.717) is 12.1 Å². The zero-order chi connectivity index (χ0) is 19.4. The van der Waals surface area contributed by atoms with Crippen molar-refractivity contribution in [2.45, 2.75) is 87.2 Å². The van der Waals surface area contributed by atoms with Crippen LogP contribution >= 0.6 is 0 Å². The van der Waals surface area contributed by atoms with Crippen LogP contribution in [0.5, 0.6) is 0 Å². The molecule has 1 aliphatic heterocycles. The number of carbonyl (C=O) groups excluding carboxylic acids is 2. The lowest BCUT2D eigenvalue weighted by Gasteiger charge is -2.11. The Morgan fingerprint density at radius 1 is 1.20 bits per heavy atom. The fourth-order valence-corrected chi connectivity index (χ4v) is 2.22. The third kappa shape index (κ3) is 8.79. The molecule has 0 N–H and O–H groups in total. The summed E-state index contributed by atoms with van der Waals surface area (Å²) in [7, 11) is 0. The van der Waals surface area contributed by atoms with Crippen LogP contribution in [0.3, 0.4) is 0 Å². The van der Waals surface area contributed by atoms with Gasteiger partial charge in [-0.05, 0) is 12.3 Å². The Bertz CT molecular complexity index is 509. The smallest absolute Gasteiger partial charge is 0.232 e. The lowest BCUT2D eigenvalue weighted by Crippen LogP contribution is -2.29. The molecule has 25 heavy (non-hydrogen) atoms. The van der Waals surface area contributed by atoms with Gasteiger partial charge in [0.25, 0.3) is 0 Å². The Hall–Kier alpha value is -1.72. The number of imide groups is 1. The fourth-order valence-electron chi connectivity index (χ4n) is 2.22. The van der Waals surface area contributed by atoms with Gasteiger partial charge in [-0.15, -0.1) is 5.10 Å². The number of aromatic nitrogens is 3. The van der Waals surface area contributed by atoms with Gasteiger partial charge in [-0.1, -0.05) is 66.5 Å². The number of hydrogen-bond acceptors (Lipinski definition) is 4. The van der Waals surface area contributed by atoms with Crippen LogP contribution in [0.4, 0.5) is 0 Å². The summed E-state index contributed by atoms with van der Waals surface area (Å²) in [6, 6.07) is 0. The summed E-state index contributed by atoms with van der Waals surface area (Å²) >= 11 is 0. The van der Waals surface area contributed by atoms with Crippen molar-refractivity contribution in [3.63, 3.8) is 0 Å². The van der Waals surface area contributed by atoms with E-state index in [1.165, 1.54) is 4.90 Å². The number of rotatable bonds is 6. The van der Waals surface area contributed by atoms with Crippen LogP contribution < -0.4 is 0 Å². The van der Waals surface area contributed by atoms with Crippen LogP contribution in [-0.4, -0.2) is 31.7 Å². The molecule has 144 valence electrons. The molecule has 1 aromatic heterocycles. The molecule has 2 heterocycles. The molecule has 2 amide bonds.